The molecular weight excluding hydrogens is 338 g/mol. The van der Waals surface area contributed by atoms with Gasteiger partial charge in [0.15, 0.2) is 0 Å². The Balaban J connectivity index is 1.59. The molecule has 0 atom stereocenters. The van der Waals surface area contributed by atoms with Crippen molar-refractivity contribution in [2.45, 2.75) is 44.7 Å². The van der Waals surface area contributed by atoms with Crippen molar-refractivity contribution in [1.29, 1.82) is 0 Å². The van der Waals surface area contributed by atoms with Crippen LogP contribution in [0, 0.1) is 5.92 Å². The highest BCUT2D eigenvalue weighted by molar-refractivity contribution is 5.80. The predicted octanol–water partition coefficient (Wildman–Crippen LogP) is 0.839. The molecule has 1 fully saturated rings. The van der Waals surface area contributed by atoms with Crippen molar-refractivity contribution < 1.29 is 14.7 Å². The molecule has 1 amide bonds. The summed E-state index contributed by atoms with van der Waals surface area (Å²) >= 11 is 0. The zero-order chi connectivity index (χ0) is 18.7. The molecule has 0 spiro atoms. The van der Waals surface area contributed by atoms with Crippen molar-refractivity contribution in [3.05, 3.63) is 45.0 Å². The van der Waals surface area contributed by atoms with Gasteiger partial charge in [-0.3, -0.25) is 24.3 Å². The van der Waals surface area contributed by atoms with E-state index in [1.807, 2.05) is 0 Å². The minimum absolute atomic E-state index is 0.0366. The number of aryl methyl sites for hydroxylation is 1. The SMILES string of the molecule is O=C(CCn1[nH]c(=O)c2ccccc2c1=O)NC1CCC(C(=O)O)CC1. The lowest BCUT2D eigenvalue weighted by molar-refractivity contribution is -0.142. The van der Waals surface area contributed by atoms with Crippen LogP contribution in [-0.2, 0) is 16.1 Å². The second-order valence-electron chi connectivity index (χ2n) is 6.65. The maximum absolute atomic E-state index is 12.4. The number of fused-ring (bicyclic) bond motifs is 1. The van der Waals surface area contributed by atoms with E-state index >= 15 is 0 Å². The first-order valence-electron chi connectivity index (χ1n) is 8.69. The number of carboxylic acid groups (broad SMARTS) is 1. The highest BCUT2D eigenvalue weighted by Crippen LogP contribution is 2.24. The molecule has 1 aromatic heterocycles. The number of hydrogen-bond acceptors (Lipinski definition) is 4. The summed E-state index contributed by atoms with van der Waals surface area (Å²) < 4.78 is 1.16. The number of carbonyl (C=O) groups excluding carboxylic acids is 1. The average molecular weight is 359 g/mol. The number of rotatable bonds is 5. The van der Waals surface area contributed by atoms with Gasteiger partial charge in [0.25, 0.3) is 11.1 Å². The molecule has 0 bridgehead atoms. The van der Waals surface area contributed by atoms with Crippen LogP contribution in [0.5, 0.6) is 0 Å². The van der Waals surface area contributed by atoms with Gasteiger partial charge in [-0.25, -0.2) is 4.68 Å². The molecule has 0 unspecified atom stereocenters. The Kier molecular flexibility index (Phi) is 5.20. The summed E-state index contributed by atoms with van der Waals surface area (Å²) in [5.74, 6) is -1.33. The van der Waals surface area contributed by atoms with E-state index in [1.165, 1.54) is 0 Å². The maximum atomic E-state index is 12.4. The molecule has 1 aliphatic carbocycles. The molecule has 2 aromatic rings. The van der Waals surface area contributed by atoms with E-state index in [2.05, 4.69) is 10.4 Å². The molecule has 0 radical (unpaired) electrons. The Morgan fingerprint density at radius 1 is 1.12 bits per heavy atom. The fourth-order valence-corrected chi connectivity index (χ4v) is 3.40. The Morgan fingerprint density at radius 3 is 2.42 bits per heavy atom. The number of carbonyl (C=O) groups is 2. The number of hydrogen-bond donors (Lipinski definition) is 3. The van der Waals surface area contributed by atoms with Gasteiger partial charge in [-0.1, -0.05) is 12.1 Å². The molecule has 138 valence electrons. The summed E-state index contributed by atoms with van der Waals surface area (Å²) in [4.78, 5) is 47.5. The zero-order valence-electron chi connectivity index (χ0n) is 14.2. The average Bonchev–Trinajstić information content (AvgIpc) is 2.64. The summed E-state index contributed by atoms with van der Waals surface area (Å²) in [5, 5.41) is 15.0. The quantitative estimate of drug-likeness (QED) is 0.730. The molecule has 0 aliphatic heterocycles. The van der Waals surface area contributed by atoms with Crippen LogP contribution in [0.1, 0.15) is 32.1 Å². The van der Waals surface area contributed by atoms with Gasteiger partial charge in [-0.15, -0.1) is 0 Å². The van der Waals surface area contributed by atoms with Crippen LogP contribution in [0.2, 0.25) is 0 Å². The van der Waals surface area contributed by atoms with Gasteiger partial charge in [-0.05, 0) is 37.8 Å². The van der Waals surface area contributed by atoms with E-state index in [9.17, 15) is 19.2 Å². The summed E-state index contributed by atoms with van der Waals surface area (Å²) in [6.45, 7) is 0.0786. The van der Waals surface area contributed by atoms with Crippen LogP contribution >= 0.6 is 0 Å². The van der Waals surface area contributed by atoms with Crippen molar-refractivity contribution >= 4 is 22.6 Å². The number of H-pyrrole nitrogens is 1. The topological polar surface area (TPSA) is 121 Å². The third-order valence-electron chi connectivity index (χ3n) is 4.89. The Hall–Kier alpha value is -2.90. The number of aromatic nitrogens is 2. The van der Waals surface area contributed by atoms with Gasteiger partial charge in [0.1, 0.15) is 0 Å². The molecule has 1 saturated carbocycles. The van der Waals surface area contributed by atoms with Gasteiger partial charge in [0, 0.05) is 12.5 Å². The minimum atomic E-state index is -0.783. The molecule has 8 heteroatoms. The van der Waals surface area contributed by atoms with Crippen LogP contribution in [0.15, 0.2) is 33.9 Å². The largest absolute Gasteiger partial charge is 0.481 e. The van der Waals surface area contributed by atoms with Crippen LogP contribution < -0.4 is 16.4 Å². The Morgan fingerprint density at radius 2 is 1.77 bits per heavy atom. The number of benzene rings is 1. The van der Waals surface area contributed by atoms with Crippen molar-refractivity contribution in [3.8, 4) is 0 Å². The molecule has 0 saturated heterocycles. The van der Waals surface area contributed by atoms with Crippen LogP contribution in [0.4, 0.5) is 0 Å². The molecule has 1 aromatic carbocycles. The van der Waals surface area contributed by atoms with Crippen molar-refractivity contribution in [2.75, 3.05) is 0 Å². The molecular formula is C18H21N3O5. The van der Waals surface area contributed by atoms with E-state index < -0.39 is 5.97 Å². The lowest BCUT2D eigenvalue weighted by atomic mass is 9.86. The Labute approximate surface area is 148 Å². The van der Waals surface area contributed by atoms with E-state index in [0.717, 1.165) is 4.68 Å². The van der Waals surface area contributed by atoms with Crippen LogP contribution in [0.3, 0.4) is 0 Å². The summed E-state index contributed by atoms with van der Waals surface area (Å²) in [6, 6.07) is 6.51. The zero-order valence-corrected chi connectivity index (χ0v) is 14.2. The third kappa shape index (κ3) is 3.84. The smallest absolute Gasteiger partial charge is 0.306 e. The molecule has 3 N–H and O–H groups in total. The van der Waals surface area contributed by atoms with Gasteiger partial charge >= 0.3 is 5.97 Å². The molecule has 3 rings (SSSR count). The molecule has 26 heavy (non-hydrogen) atoms. The molecule has 1 heterocycles. The first-order chi connectivity index (χ1) is 12.5. The van der Waals surface area contributed by atoms with E-state index in [-0.39, 0.29) is 42.0 Å². The van der Waals surface area contributed by atoms with Gasteiger partial charge < -0.3 is 10.4 Å². The van der Waals surface area contributed by atoms with Crippen molar-refractivity contribution in [2.24, 2.45) is 5.92 Å². The summed E-state index contributed by atoms with van der Waals surface area (Å²) in [7, 11) is 0. The van der Waals surface area contributed by atoms with Crippen molar-refractivity contribution in [1.82, 2.24) is 15.1 Å². The second-order valence-corrected chi connectivity index (χ2v) is 6.65. The van der Waals surface area contributed by atoms with Gasteiger partial charge in [-0.2, -0.15) is 0 Å². The van der Waals surface area contributed by atoms with Crippen LogP contribution in [0.25, 0.3) is 10.8 Å². The molecule has 8 nitrogen and oxygen atoms in total. The van der Waals surface area contributed by atoms with E-state index in [1.54, 1.807) is 24.3 Å². The van der Waals surface area contributed by atoms with Crippen molar-refractivity contribution in [3.63, 3.8) is 0 Å². The summed E-state index contributed by atoms with van der Waals surface area (Å²) in [6.07, 6.45) is 2.44. The summed E-state index contributed by atoms with van der Waals surface area (Å²) in [5.41, 5.74) is -0.706. The Bertz CT molecular complexity index is 938. The van der Waals surface area contributed by atoms with Gasteiger partial charge in [0.05, 0.1) is 23.2 Å². The lowest BCUT2D eigenvalue weighted by Gasteiger charge is -2.26. The lowest BCUT2D eigenvalue weighted by Crippen LogP contribution is -2.39. The predicted molar refractivity (Wildman–Crippen MR) is 95.0 cm³/mol. The number of carboxylic acids is 1. The fourth-order valence-electron chi connectivity index (χ4n) is 3.40. The highest BCUT2D eigenvalue weighted by Gasteiger charge is 2.26. The highest BCUT2D eigenvalue weighted by atomic mass is 16.4. The fraction of sp³-hybridized carbons (Fsp3) is 0.444. The number of aliphatic carboxylic acids is 1. The first kappa shape index (κ1) is 17.9. The van der Waals surface area contributed by atoms with E-state index in [0.29, 0.717) is 36.5 Å². The van der Waals surface area contributed by atoms with Crippen LogP contribution in [-0.4, -0.2) is 32.8 Å². The standard InChI is InChI=1S/C18H21N3O5/c22-15(19-12-7-5-11(6-8-12)18(25)26)9-10-21-17(24)14-4-2-1-3-13(14)16(23)20-21/h1-4,11-12H,5-10H2,(H,19,22)(H,20,23)(H,25,26). The number of nitrogens with one attached hydrogen (secondary N) is 2. The minimum Gasteiger partial charge on any atom is -0.481 e. The number of amides is 1. The van der Waals surface area contributed by atoms with Gasteiger partial charge in [0.2, 0.25) is 5.91 Å². The normalized spacial score (nSPS) is 20.0. The van der Waals surface area contributed by atoms with E-state index in [4.69, 9.17) is 5.11 Å². The first-order valence-corrected chi connectivity index (χ1v) is 8.69. The number of aromatic amines is 1. The molecule has 1 aliphatic rings. The second kappa shape index (κ2) is 7.55. The maximum Gasteiger partial charge on any atom is 0.306 e. The third-order valence-corrected chi connectivity index (χ3v) is 4.89. The monoisotopic (exact) mass is 359 g/mol. The number of nitrogens with zero attached hydrogens (tertiary/aromatic N) is 1.